The van der Waals surface area contributed by atoms with E-state index in [1.54, 1.807) is 19.2 Å². The van der Waals surface area contributed by atoms with E-state index in [-0.39, 0.29) is 0 Å². The molecule has 0 saturated carbocycles. The summed E-state index contributed by atoms with van der Waals surface area (Å²) in [6.45, 7) is 0. The van der Waals surface area contributed by atoms with Crippen molar-refractivity contribution in [3.05, 3.63) is 41.4 Å². The zero-order valence-corrected chi connectivity index (χ0v) is 9.82. The van der Waals surface area contributed by atoms with E-state index in [1.807, 2.05) is 24.3 Å². The van der Waals surface area contributed by atoms with Gasteiger partial charge < -0.3 is 14.2 Å². The van der Waals surface area contributed by atoms with Crippen LogP contribution in [0.2, 0.25) is 5.02 Å². The van der Waals surface area contributed by atoms with Gasteiger partial charge in [-0.3, -0.25) is 0 Å². The summed E-state index contributed by atoms with van der Waals surface area (Å²) in [7, 11) is 1.57. The Morgan fingerprint density at radius 3 is 2.41 bits per heavy atom. The van der Waals surface area contributed by atoms with Gasteiger partial charge in [0.2, 0.25) is 5.75 Å². The first-order valence-corrected chi connectivity index (χ1v) is 5.48. The van der Waals surface area contributed by atoms with Crippen molar-refractivity contribution in [2.45, 2.75) is 0 Å². The first-order chi connectivity index (χ1) is 8.28. The molecule has 3 nitrogen and oxygen atoms in total. The van der Waals surface area contributed by atoms with Crippen LogP contribution in [0.25, 0.3) is 0 Å². The van der Waals surface area contributed by atoms with Crippen LogP contribution >= 0.6 is 11.6 Å². The third-order valence-electron chi connectivity index (χ3n) is 2.49. The molecule has 17 heavy (non-hydrogen) atoms. The molecule has 0 bridgehead atoms. The maximum Gasteiger partial charge on any atom is 0.211 e. The van der Waals surface area contributed by atoms with Crippen LogP contribution in [-0.2, 0) is 0 Å². The van der Waals surface area contributed by atoms with Gasteiger partial charge in [0.05, 0.1) is 7.11 Å². The lowest BCUT2D eigenvalue weighted by molar-refractivity contribution is 0.328. The number of benzene rings is 2. The summed E-state index contributed by atoms with van der Waals surface area (Å²) in [6, 6.07) is 10.8. The number of ether oxygens (including phenoxy) is 3. The van der Waals surface area contributed by atoms with Gasteiger partial charge in [-0.15, -0.1) is 0 Å². The number of hydrogen-bond acceptors (Lipinski definition) is 3. The Labute approximate surface area is 103 Å². The lowest BCUT2D eigenvalue weighted by Crippen LogP contribution is -2.00. The van der Waals surface area contributed by atoms with Crippen LogP contribution in [0, 0.1) is 0 Å². The van der Waals surface area contributed by atoms with E-state index in [9.17, 15) is 0 Å². The number of rotatable bonds is 1. The molecule has 0 amide bonds. The number of fused-ring (bicyclic) bond motifs is 2. The minimum Gasteiger partial charge on any atom is -0.493 e. The highest BCUT2D eigenvalue weighted by Gasteiger charge is 2.22. The van der Waals surface area contributed by atoms with Gasteiger partial charge in [0.25, 0.3) is 0 Å². The molecule has 2 aromatic carbocycles. The SMILES string of the molecule is COc1cc(Cl)cc2c1Oc1ccccc1O2. The van der Waals surface area contributed by atoms with E-state index in [0.717, 1.165) is 0 Å². The molecule has 0 spiro atoms. The fourth-order valence-electron chi connectivity index (χ4n) is 1.72. The highest BCUT2D eigenvalue weighted by atomic mass is 35.5. The van der Waals surface area contributed by atoms with E-state index in [0.29, 0.717) is 33.8 Å². The lowest BCUT2D eigenvalue weighted by Gasteiger charge is -2.22. The predicted molar refractivity (Wildman–Crippen MR) is 64.6 cm³/mol. The number of hydrogen-bond donors (Lipinski definition) is 0. The smallest absolute Gasteiger partial charge is 0.211 e. The van der Waals surface area contributed by atoms with Crippen molar-refractivity contribution in [2.24, 2.45) is 0 Å². The molecule has 3 rings (SSSR count). The molecule has 1 aliphatic heterocycles. The summed E-state index contributed by atoms with van der Waals surface area (Å²) in [4.78, 5) is 0. The van der Waals surface area contributed by atoms with Crippen LogP contribution in [0.5, 0.6) is 28.7 Å². The first-order valence-electron chi connectivity index (χ1n) is 5.10. The molecule has 0 N–H and O–H groups in total. The van der Waals surface area contributed by atoms with Crippen molar-refractivity contribution in [1.82, 2.24) is 0 Å². The third-order valence-corrected chi connectivity index (χ3v) is 2.70. The van der Waals surface area contributed by atoms with Crippen molar-refractivity contribution >= 4 is 11.6 Å². The molecule has 0 unspecified atom stereocenters. The molecule has 2 aromatic rings. The molecule has 0 fully saturated rings. The fourth-order valence-corrected chi connectivity index (χ4v) is 1.92. The van der Waals surface area contributed by atoms with Gasteiger partial charge in [0, 0.05) is 17.2 Å². The van der Waals surface area contributed by atoms with Gasteiger partial charge in [-0.05, 0) is 12.1 Å². The highest BCUT2D eigenvalue weighted by molar-refractivity contribution is 6.31. The molecule has 4 heteroatoms. The summed E-state index contributed by atoms with van der Waals surface area (Å²) >= 11 is 5.97. The van der Waals surface area contributed by atoms with Gasteiger partial charge >= 0.3 is 0 Å². The lowest BCUT2D eigenvalue weighted by atomic mass is 10.2. The second-order valence-corrected chi connectivity index (χ2v) is 4.02. The molecule has 0 aliphatic carbocycles. The average molecular weight is 249 g/mol. The van der Waals surface area contributed by atoms with Crippen LogP contribution in [0.15, 0.2) is 36.4 Å². The first kappa shape index (κ1) is 10.3. The van der Waals surface area contributed by atoms with Crippen LogP contribution in [0.4, 0.5) is 0 Å². The maximum absolute atomic E-state index is 5.97. The Bertz CT molecular complexity index is 581. The summed E-state index contributed by atoms with van der Waals surface area (Å²) in [5.41, 5.74) is 0. The Balaban J connectivity index is 2.14. The number of methoxy groups -OCH3 is 1. The van der Waals surface area contributed by atoms with Crippen molar-refractivity contribution in [3.63, 3.8) is 0 Å². The van der Waals surface area contributed by atoms with Gasteiger partial charge in [-0.25, -0.2) is 0 Å². The number of para-hydroxylation sites is 2. The average Bonchev–Trinajstić information content (AvgIpc) is 2.35. The fraction of sp³-hybridized carbons (Fsp3) is 0.0769. The summed E-state index contributed by atoms with van der Waals surface area (Å²) < 4.78 is 16.7. The van der Waals surface area contributed by atoms with E-state index < -0.39 is 0 Å². The molecule has 1 heterocycles. The number of halogens is 1. The molecule has 0 saturated heterocycles. The van der Waals surface area contributed by atoms with E-state index in [1.165, 1.54) is 0 Å². The molecule has 0 aromatic heterocycles. The van der Waals surface area contributed by atoms with E-state index in [2.05, 4.69) is 0 Å². The van der Waals surface area contributed by atoms with Gasteiger partial charge in [-0.1, -0.05) is 23.7 Å². The molecular formula is C13H9ClO3. The summed E-state index contributed by atoms with van der Waals surface area (Å²) in [5.74, 6) is 3.01. The topological polar surface area (TPSA) is 27.7 Å². The summed E-state index contributed by atoms with van der Waals surface area (Å²) in [6.07, 6.45) is 0. The minimum absolute atomic E-state index is 0.545. The molecular weight excluding hydrogens is 240 g/mol. The normalized spacial score (nSPS) is 11.9. The molecule has 0 atom stereocenters. The predicted octanol–water partition coefficient (Wildman–Crippen LogP) is 4.25. The van der Waals surface area contributed by atoms with Crippen molar-refractivity contribution < 1.29 is 14.2 Å². The quantitative estimate of drug-likeness (QED) is 0.644. The Morgan fingerprint density at radius 1 is 1.00 bits per heavy atom. The second kappa shape index (κ2) is 3.86. The standard InChI is InChI=1S/C13H9ClO3/c1-15-11-6-8(14)7-12-13(11)17-10-5-3-2-4-9(10)16-12/h2-7H,1H3. The molecule has 0 radical (unpaired) electrons. The van der Waals surface area contributed by atoms with Crippen LogP contribution in [0.3, 0.4) is 0 Å². The molecule has 1 aliphatic rings. The van der Waals surface area contributed by atoms with Gasteiger partial charge in [0.15, 0.2) is 23.0 Å². The Morgan fingerprint density at radius 2 is 1.71 bits per heavy atom. The van der Waals surface area contributed by atoms with E-state index >= 15 is 0 Å². The highest BCUT2D eigenvalue weighted by Crippen LogP contribution is 2.50. The largest absolute Gasteiger partial charge is 0.493 e. The molecule has 86 valence electrons. The second-order valence-electron chi connectivity index (χ2n) is 3.59. The van der Waals surface area contributed by atoms with Gasteiger partial charge in [0.1, 0.15) is 0 Å². The monoisotopic (exact) mass is 248 g/mol. The van der Waals surface area contributed by atoms with Crippen LogP contribution < -0.4 is 14.2 Å². The minimum atomic E-state index is 0.545. The van der Waals surface area contributed by atoms with Crippen molar-refractivity contribution in [3.8, 4) is 28.7 Å². The van der Waals surface area contributed by atoms with E-state index in [4.69, 9.17) is 25.8 Å². The van der Waals surface area contributed by atoms with Gasteiger partial charge in [-0.2, -0.15) is 0 Å². The van der Waals surface area contributed by atoms with Crippen LogP contribution in [-0.4, -0.2) is 7.11 Å². The third kappa shape index (κ3) is 1.68. The Kier molecular flexibility index (Phi) is 2.34. The van der Waals surface area contributed by atoms with Crippen LogP contribution in [0.1, 0.15) is 0 Å². The Hall–Kier alpha value is -1.87. The maximum atomic E-state index is 5.97. The van der Waals surface area contributed by atoms with Crippen molar-refractivity contribution in [2.75, 3.05) is 7.11 Å². The zero-order chi connectivity index (χ0) is 11.8. The van der Waals surface area contributed by atoms with Crippen molar-refractivity contribution in [1.29, 1.82) is 0 Å². The zero-order valence-electron chi connectivity index (χ0n) is 9.07. The summed E-state index contributed by atoms with van der Waals surface area (Å²) in [5, 5.41) is 0.545.